The summed E-state index contributed by atoms with van der Waals surface area (Å²) in [6.07, 6.45) is 0. The molecule has 0 saturated carbocycles. The molecular formula is C19H14ClN3O3S. The molecule has 0 unspecified atom stereocenters. The van der Waals surface area contributed by atoms with E-state index in [0.29, 0.717) is 22.1 Å². The van der Waals surface area contributed by atoms with Crippen molar-refractivity contribution in [3.05, 3.63) is 58.4 Å². The van der Waals surface area contributed by atoms with Gasteiger partial charge in [-0.05, 0) is 30.3 Å². The molecule has 0 aliphatic carbocycles. The Morgan fingerprint density at radius 2 is 2.15 bits per heavy atom. The Morgan fingerprint density at radius 1 is 1.30 bits per heavy atom. The molecule has 4 rings (SSSR count). The molecule has 1 aliphatic heterocycles. The fourth-order valence-electron chi connectivity index (χ4n) is 2.79. The molecule has 8 heteroatoms. The summed E-state index contributed by atoms with van der Waals surface area (Å²) in [7, 11) is 0. The number of halogens is 1. The second-order valence-corrected chi connectivity index (χ2v) is 6.98. The molecule has 0 saturated heterocycles. The Balaban J connectivity index is 1.60. The van der Waals surface area contributed by atoms with E-state index in [9.17, 15) is 9.59 Å². The van der Waals surface area contributed by atoms with Gasteiger partial charge in [-0.1, -0.05) is 23.7 Å². The molecule has 0 atom stereocenters. The number of rotatable bonds is 4. The first-order valence-corrected chi connectivity index (χ1v) is 9.44. The lowest BCUT2D eigenvalue weighted by atomic mass is 10.1. The second kappa shape index (κ2) is 7.38. The lowest BCUT2D eigenvalue weighted by molar-refractivity contribution is -0.123. The van der Waals surface area contributed by atoms with Crippen LogP contribution >= 0.6 is 22.9 Å². The van der Waals surface area contributed by atoms with Crippen molar-refractivity contribution < 1.29 is 14.3 Å². The fraction of sp³-hybridized carbons (Fsp3) is 0.105. The number of nitrogens with one attached hydrogen (secondary N) is 1. The van der Waals surface area contributed by atoms with E-state index in [0.717, 1.165) is 11.3 Å². The standard InChI is InChI=1S/C19H14ClN3O3S/c20-13-3-1-2-4-14(13)22-18(24)8-23-16-7-12(15-10-27-11-21-15)5-6-17(16)26-9-19(23)25/h1-7,10-11H,8-9H2,(H,22,24). The van der Waals surface area contributed by atoms with Crippen LogP contribution < -0.4 is 15.0 Å². The van der Waals surface area contributed by atoms with Gasteiger partial charge in [0, 0.05) is 10.9 Å². The van der Waals surface area contributed by atoms with E-state index < -0.39 is 0 Å². The van der Waals surface area contributed by atoms with Crippen LogP contribution in [0, 0.1) is 0 Å². The molecular weight excluding hydrogens is 386 g/mol. The average Bonchev–Trinajstić information content (AvgIpc) is 3.20. The van der Waals surface area contributed by atoms with Gasteiger partial charge in [-0.25, -0.2) is 4.98 Å². The van der Waals surface area contributed by atoms with Gasteiger partial charge in [0.2, 0.25) is 5.91 Å². The van der Waals surface area contributed by atoms with Crippen molar-refractivity contribution >= 4 is 46.1 Å². The Labute approximate surface area is 164 Å². The van der Waals surface area contributed by atoms with Crippen LogP contribution in [-0.4, -0.2) is 29.9 Å². The molecule has 1 aromatic heterocycles. The number of anilines is 2. The summed E-state index contributed by atoms with van der Waals surface area (Å²) >= 11 is 7.56. The predicted molar refractivity (Wildman–Crippen MR) is 105 cm³/mol. The number of ether oxygens (including phenoxy) is 1. The molecule has 2 heterocycles. The molecule has 6 nitrogen and oxygen atoms in total. The zero-order chi connectivity index (χ0) is 18.8. The van der Waals surface area contributed by atoms with Crippen LogP contribution in [0.1, 0.15) is 0 Å². The van der Waals surface area contributed by atoms with Gasteiger partial charge in [-0.15, -0.1) is 11.3 Å². The first kappa shape index (κ1) is 17.5. The fourth-order valence-corrected chi connectivity index (χ4v) is 3.53. The van der Waals surface area contributed by atoms with E-state index in [4.69, 9.17) is 16.3 Å². The molecule has 2 amide bonds. The number of para-hydroxylation sites is 1. The van der Waals surface area contributed by atoms with Crippen LogP contribution in [0.2, 0.25) is 5.02 Å². The minimum Gasteiger partial charge on any atom is -0.482 e. The van der Waals surface area contributed by atoms with Crippen molar-refractivity contribution in [1.82, 2.24) is 4.98 Å². The number of amides is 2. The van der Waals surface area contributed by atoms with Crippen LogP contribution in [-0.2, 0) is 9.59 Å². The highest BCUT2D eigenvalue weighted by Crippen LogP contribution is 2.36. The Morgan fingerprint density at radius 3 is 2.93 bits per heavy atom. The predicted octanol–water partition coefficient (Wildman–Crippen LogP) is 3.83. The molecule has 0 radical (unpaired) electrons. The molecule has 1 aliphatic rings. The Kier molecular flexibility index (Phi) is 4.79. The van der Waals surface area contributed by atoms with Gasteiger partial charge >= 0.3 is 0 Å². The van der Waals surface area contributed by atoms with Crippen LogP contribution in [0.15, 0.2) is 53.4 Å². The van der Waals surface area contributed by atoms with E-state index in [1.807, 2.05) is 17.5 Å². The number of hydrogen-bond donors (Lipinski definition) is 1. The van der Waals surface area contributed by atoms with Crippen LogP contribution in [0.5, 0.6) is 5.75 Å². The zero-order valence-electron chi connectivity index (χ0n) is 14.0. The van der Waals surface area contributed by atoms with Crippen molar-refractivity contribution in [1.29, 1.82) is 0 Å². The Bertz CT molecular complexity index is 1010. The number of carbonyl (C=O) groups is 2. The van der Waals surface area contributed by atoms with Gasteiger partial charge in [0.25, 0.3) is 5.91 Å². The van der Waals surface area contributed by atoms with Crippen LogP contribution in [0.4, 0.5) is 11.4 Å². The zero-order valence-corrected chi connectivity index (χ0v) is 15.6. The molecule has 0 fully saturated rings. The SMILES string of the molecule is O=C(CN1C(=O)COc2ccc(-c3cscn3)cc21)Nc1ccccc1Cl. The number of thiazole rings is 1. The lowest BCUT2D eigenvalue weighted by Gasteiger charge is -2.29. The maximum atomic E-state index is 12.5. The van der Waals surface area contributed by atoms with E-state index in [1.54, 1.807) is 35.8 Å². The topological polar surface area (TPSA) is 71.5 Å². The molecule has 27 heavy (non-hydrogen) atoms. The summed E-state index contributed by atoms with van der Waals surface area (Å²) in [5, 5.41) is 5.09. The van der Waals surface area contributed by atoms with Crippen molar-refractivity contribution in [2.45, 2.75) is 0 Å². The first-order chi connectivity index (χ1) is 13.1. The number of benzene rings is 2. The average molecular weight is 400 g/mol. The van der Waals surface area contributed by atoms with E-state index in [1.165, 1.54) is 16.2 Å². The van der Waals surface area contributed by atoms with Gasteiger partial charge in [-0.2, -0.15) is 0 Å². The number of aromatic nitrogens is 1. The number of nitrogens with zero attached hydrogens (tertiary/aromatic N) is 2. The summed E-state index contributed by atoms with van der Waals surface area (Å²) in [6, 6.07) is 12.4. The van der Waals surface area contributed by atoms with E-state index >= 15 is 0 Å². The summed E-state index contributed by atoms with van der Waals surface area (Å²) in [6.45, 7) is -0.247. The molecule has 0 bridgehead atoms. The van der Waals surface area contributed by atoms with E-state index in [-0.39, 0.29) is 25.0 Å². The van der Waals surface area contributed by atoms with Gasteiger partial charge in [0.1, 0.15) is 12.3 Å². The van der Waals surface area contributed by atoms with E-state index in [2.05, 4.69) is 10.3 Å². The van der Waals surface area contributed by atoms with Crippen LogP contribution in [0.25, 0.3) is 11.3 Å². The third-order valence-corrected chi connectivity index (χ3v) is 5.00. The minimum atomic E-state index is -0.344. The van der Waals surface area contributed by atoms with Crippen molar-refractivity contribution in [3.8, 4) is 17.0 Å². The van der Waals surface area contributed by atoms with Crippen LogP contribution in [0.3, 0.4) is 0 Å². The summed E-state index contributed by atoms with van der Waals surface area (Å²) in [5.41, 5.74) is 4.45. The maximum absolute atomic E-state index is 12.5. The quantitative estimate of drug-likeness (QED) is 0.723. The normalized spacial score (nSPS) is 13.1. The van der Waals surface area contributed by atoms with Gasteiger partial charge in [0.05, 0.1) is 27.6 Å². The number of hydrogen-bond acceptors (Lipinski definition) is 5. The lowest BCUT2D eigenvalue weighted by Crippen LogP contribution is -2.43. The van der Waals surface area contributed by atoms with Crippen molar-refractivity contribution in [2.75, 3.05) is 23.4 Å². The Hall–Kier alpha value is -2.90. The minimum absolute atomic E-state index is 0.109. The number of carbonyl (C=O) groups excluding carboxylic acids is 2. The maximum Gasteiger partial charge on any atom is 0.265 e. The monoisotopic (exact) mass is 399 g/mol. The third-order valence-electron chi connectivity index (χ3n) is 4.08. The highest BCUT2D eigenvalue weighted by atomic mass is 35.5. The highest BCUT2D eigenvalue weighted by molar-refractivity contribution is 7.07. The largest absolute Gasteiger partial charge is 0.482 e. The van der Waals surface area contributed by atoms with Gasteiger partial charge < -0.3 is 10.1 Å². The summed E-state index contributed by atoms with van der Waals surface area (Å²) < 4.78 is 5.50. The second-order valence-electron chi connectivity index (χ2n) is 5.85. The summed E-state index contributed by atoms with van der Waals surface area (Å²) in [4.78, 5) is 30.6. The first-order valence-electron chi connectivity index (χ1n) is 8.12. The highest BCUT2D eigenvalue weighted by Gasteiger charge is 2.28. The third kappa shape index (κ3) is 3.65. The van der Waals surface area contributed by atoms with Gasteiger partial charge in [-0.3, -0.25) is 14.5 Å². The molecule has 3 aromatic rings. The molecule has 136 valence electrons. The summed E-state index contributed by atoms with van der Waals surface area (Å²) in [5.74, 6) is -0.0743. The molecule has 2 aromatic carbocycles. The molecule has 1 N–H and O–H groups in total. The van der Waals surface area contributed by atoms with Crippen molar-refractivity contribution in [2.24, 2.45) is 0 Å². The number of fused-ring (bicyclic) bond motifs is 1. The molecule has 0 spiro atoms. The van der Waals surface area contributed by atoms with Crippen molar-refractivity contribution in [3.63, 3.8) is 0 Å². The van der Waals surface area contributed by atoms with Gasteiger partial charge in [0.15, 0.2) is 6.61 Å². The smallest absolute Gasteiger partial charge is 0.265 e.